The first-order valence-corrected chi connectivity index (χ1v) is 15.3. The normalized spacial score (nSPS) is 14.6. The molecule has 0 aliphatic rings. The van der Waals surface area contributed by atoms with Gasteiger partial charge in [-0.05, 0) is 19.3 Å². The summed E-state index contributed by atoms with van der Waals surface area (Å²) >= 11 is 0. The Bertz CT molecular complexity index is 336. The molecule has 34 heavy (non-hydrogen) atoms. The van der Waals surface area contributed by atoms with Gasteiger partial charge in [0.2, 0.25) is 0 Å². The van der Waals surface area contributed by atoms with Gasteiger partial charge in [-0.1, -0.05) is 136 Å². The number of aliphatic hydroxyl groups excluding tert-OH is 3. The third-order valence-electron chi connectivity index (χ3n) is 7.08. The summed E-state index contributed by atoms with van der Waals surface area (Å²) < 4.78 is 0. The van der Waals surface area contributed by atoms with Gasteiger partial charge >= 0.3 is 0 Å². The highest BCUT2D eigenvalue weighted by molar-refractivity contribution is 4.73. The summed E-state index contributed by atoms with van der Waals surface area (Å²) in [7, 11) is 0. The van der Waals surface area contributed by atoms with Crippen LogP contribution in [0.2, 0.25) is 0 Å². The van der Waals surface area contributed by atoms with E-state index in [1.165, 1.54) is 96.3 Å². The van der Waals surface area contributed by atoms with Crippen LogP contribution in [0.5, 0.6) is 0 Å². The van der Waals surface area contributed by atoms with Crippen LogP contribution >= 0.6 is 0 Å². The maximum absolute atomic E-state index is 10.6. The molecule has 0 aromatic carbocycles. The Kier molecular flexibility index (Phi) is 25.8. The van der Waals surface area contributed by atoms with Crippen LogP contribution in [0.1, 0.15) is 156 Å². The second-order valence-corrected chi connectivity index (χ2v) is 10.8. The van der Waals surface area contributed by atoms with E-state index in [4.69, 9.17) is 0 Å². The van der Waals surface area contributed by atoms with Crippen LogP contribution in [0, 0.1) is 0 Å². The molecule has 0 saturated heterocycles. The maximum atomic E-state index is 10.6. The monoisotopic (exact) mass is 485 g/mol. The van der Waals surface area contributed by atoms with Crippen LogP contribution in [0.4, 0.5) is 0 Å². The van der Waals surface area contributed by atoms with Gasteiger partial charge in [-0.3, -0.25) is 4.90 Å². The second kappa shape index (κ2) is 25.9. The average molecular weight is 486 g/mol. The molecule has 206 valence electrons. The lowest BCUT2D eigenvalue weighted by molar-refractivity contribution is 0.0300. The summed E-state index contributed by atoms with van der Waals surface area (Å²) in [6.45, 7) is 8.41. The standard InChI is InChI=1S/C30H63NO3/c1-4-7-10-13-16-19-22-28(32)25-31(26-29(33)23-20-17-14-11-8-5-2)27-30(34)24-21-18-15-12-9-6-3/h28-30,32-34H,4-27H2,1-3H3. The number of hydrogen-bond donors (Lipinski definition) is 3. The van der Waals surface area contributed by atoms with Crippen molar-refractivity contribution < 1.29 is 15.3 Å². The fourth-order valence-corrected chi connectivity index (χ4v) is 4.87. The largest absolute Gasteiger partial charge is 0.392 e. The average Bonchev–Trinajstić information content (AvgIpc) is 2.80. The zero-order chi connectivity index (χ0) is 25.3. The van der Waals surface area contributed by atoms with Crippen molar-refractivity contribution in [3.05, 3.63) is 0 Å². The van der Waals surface area contributed by atoms with Gasteiger partial charge in [-0.15, -0.1) is 0 Å². The first-order valence-electron chi connectivity index (χ1n) is 15.3. The van der Waals surface area contributed by atoms with Crippen LogP contribution in [0.15, 0.2) is 0 Å². The first kappa shape index (κ1) is 33.8. The van der Waals surface area contributed by atoms with Crippen LogP contribution in [0.25, 0.3) is 0 Å². The van der Waals surface area contributed by atoms with Crippen molar-refractivity contribution in [2.75, 3.05) is 19.6 Å². The molecule has 0 rings (SSSR count). The third kappa shape index (κ3) is 23.6. The number of aliphatic hydroxyl groups is 3. The van der Waals surface area contributed by atoms with Crippen LogP contribution in [-0.4, -0.2) is 58.2 Å². The fraction of sp³-hybridized carbons (Fsp3) is 1.00. The molecule has 0 fully saturated rings. The molecule has 0 heterocycles. The molecule has 4 nitrogen and oxygen atoms in total. The predicted molar refractivity (Wildman–Crippen MR) is 148 cm³/mol. The summed E-state index contributed by atoms with van der Waals surface area (Å²) in [5.74, 6) is 0. The van der Waals surface area contributed by atoms with Crippen molar-refractivity contribution in [1.29, 1.82) is 0 Å². The molecule has 0 bridgehead atoms. The molecule has 0 radical (unpaired) electrons. The Hall–Kier alpha value is -0.160. The van der Waals surface area contributed by atoms with Gasteiger partial charge in [-0.2, -0.15) is 0 Å². The van der Waals surface area contributed by atoms with Crippen molar-refractivity contribution in [2.45, 2.75) is 174 Å². The predicted octanol–water partition coefficient (Wildman–Crippen LogP) is 7.62. The number of rotatable bonds is 27. The Balaban J connectivity index is 4.37. The maximum Gasteiger partial charge on any atom is 0.0667 e. The molecular weight excluding hydrogens is 422 g/mol. The molecule has 0 aromatic heterocycles. The van der Waals surface area contributed by atoms with Crippen molar-refractivity contribution in [1.82, 2.24) is 4.90 Å². The molecule has 0 aromatic rings. The molecule has 3 unspecified atom stereocenters. The Morgan fingerprint density at radius 1 is 0.382 bits per heavy atom. The number of unbranched alkanes of at least 4 members (excludes halogenated alkanes) is 15. The Labute approximate surface area is 213 Å². The third-order valence-corrected chi connectivity index (χ3v) is 7.08. The summed E-state index contributed by atoms with van der Waals surface area (Å²) in [5.41, 5.74) is 0. The molecular formula is C30H63NO3. The Morgan fingerprint density at radius 3 is 0.882 bits per heavy atom. The van der Waals surface area contributed by atoms with Crippen molar-refractivity contribution in [3.8, 4) is 0 Å². The molecule has 0 saturated carbocycles. The number of hydrogen-bond acceptors (Lipinski definition) is 4. The van der Waals surface area contributed by atoms with E-state index in [1.807, 2.05) is 0 Å². The van der Waals surface area contributed by atoms with E-state index in [9.17, 15) is 15.3 Å². The first-order chi connectivity index (χ1) is 16.5. The van der Waals surface area contributed by atoms with Gasteiger partial charge in [0, 0.05) is 19.6 Å². The SMILES string of the molecule is CCCCCCCCC(O)CN(CC(O)CCCCCCCC)CC(O)CCCCCCCC. The topological polar surface area (TPSA) is 63.9 Å². The zero-order valence-corrected chi connectivity index (χ0v) is 23.5. The minimum atomic E-state index is -0.367. The van der Waals surface area contributed by atoms with E-state index < -0.39 is 0 Å². The smallest absolute Gasteiger partial charge is 0.0667 e. The van der Waals surface area contributed by atoms with E-state index in [-0.39, 0.29) is 18.3 Å². The van der Waals surface area contributed by atoms with Crippen LogP contribution in [0.3, 0.4) is 0 Å². The molecule has 0 spiro atoms. The van der Waals surface area contributed by atoms with Crippen molar-refractivity contribution >= 4 is 0 Å². The number of nitrogens with zero attached hydrogens (tertiary/aromatic N) is 1. The summed E-state index contributed by atoms with van der Waals surface area (Å²) in [5, 5.41) is 31.9. The second-order valence-electron chi connectivity index (χ2n) is 10.8. The van der Waals surface area contributed by atoms with E-state index in [2.05, 4.69) is 25.7 Å². The summed E-state index contributed by atoms with van der Waals surface area (Å²) in [6, 6.07) is 0. The highest BCUT2D eigenvalue weighted by Gasteiger charge is 2.19. The zero-order valence-electron chi connectivity index (χ0n) is 23.5. The van der Waals surface area contributed by atoms with E-state index in [1.54, 1.807) is 0 Å². The van der Waals surface area contributed by atoms with Crippen molar-refractivity contribution in [2.24, 2.45) is 0 Å². The lowest BCUT2D eigenvalue weighted by atomic mass is 10.0. The fourth-order valence-electron chi connectivity index (χ4n) is 4.87. The van der Waals surface area contributed by atoms with Gasteiger partial charge in [0.05, 0.1) is 18.3 Å². The summed E-state index contributed by atoms with van der Waals surface area (Å²) in [4.78, 5) is 2.13. The lowest BCUT2D eigenvalue weighted by Gasteiger charge is -2.29. The molecule has 3 N–H and O–H groups in total. The van der Waals surface area contributed by atoms with Gasteiger partial charge in [-0.25, -0.2) is 0 Å². The van der Waals surface area contributed by atoms with E-state index >= 15 is 0 Å². The minimum Gasteiger partial charge on any atom is -0.392 e. The molecule has 3 atom stereocenters. The van der Waals surface area contributed by atoms with Gasteiger partial charge in [0.25, 0.3) is 0 Å². The quantitative estimate of drug-likeness (QED) is 0.105. The molecule has 0 aliphatic heterocycles. The van der Waals surface area contributed by atoms with Gasteiger partial charge in [0.1, 0.15) is 0 Å². The van der Waals surface area contributed by atoms with Crippen molar-refractivity contribution in [3.63, 3.8) is 0 Å². The van der Waals surface area contributed by atoms with E-state index in [0.717, 1.165) is 38.5 Å². The molecule has 4 heteroatoms. The minimum absolute atomic E-state index is 0.367. The van der Waals surface area contributed by atoms with Crippen LogP contribution < -0.4 is 0 Å². The highest BCUT2D eigenvalue weighted by atomic mass is 16.3. The van der Waals surface area contributed by atoms with Gasteiger partial charge in [0.15, 0.2) is 0 Å². The summed E-state index contributed by atoms with van der Waals surface area (Å²) in [6.07, 6.45) is 23.6. The Morgan fingerprint density at radius 2 is 0.618 bits per heavy atom. The van der Waals surface area contributed by atoms with Crippen LogP contribution in [-0.2, 0) is 0 Å². The molecule has 0 aliphatic carbocycles. The molecule has 0 amide bonds. The van der Waals surface area contributed by atoms with Gasteiger partial charge < -0.3 is 15.3 Å². The highest BCUT2D eigenvalue weighted by Crippen LogP contribution is 2.14. The van der Waals surface area contributed by atoms with E-state index in [0.29, 0.717) is 19.6 Å². The lowest BCUT2D eigenvalue weighted by Crippen LogP contribution is -2.42.